The van der Waals surface area contributed by atoms with Crippen LogP contribution in [0.15, 0.2) is 10.6 Å². The van der Waals surface area contributed by atoms with Gasteiger partial charge in [0.1, 0.15) is 9.87 Å². The molecule has 1 rings (SSSR count). The van der Waals surface area contributed by atoms with Crippen LogP contribution in [0.5, 0.6) is 0 Å². The first kappa shape index (κ1) is 9.13. The van der Waals surface area contributed by atoms with Gasteiger partial charge in [0.15, 0.2) is 0 Å². The molecule has 0 aromatic carbocycles. The van der Waals surface area contributed by atoms with Crippen LogP contribution in [0.3, 0.4) is 0 Å². The van der Waals surface area contributed by atoms with Crippen LogP contribution in [0.25, 0.3) is 0 Å². The molecule has 0 saturated heterocycles. The molecule has 0 aromatic heterocycles. The molecule has 0 unspecified atom stereocenters. The normalized spacial score (nSPS) is 24.8. The van der Waals surface area contributed by atoms with E-state index in [1.807, 2.05) is 0 Å². The molecule has 0 saturated carbocycles. The average Bonchev–Trinajstić information content (AvgIpc) is 2.07. The van der Waals surface area contributed by atoms with Crippen molar-refractivity contribution >= 4 is 40.8 Å². The van der Waals surface area contributed by atoms with Gasteiger partial charge in [-0.05, 0) is 0 Å². The Bertz CT molecular complexity index is 223. The zero-order chi connectivity index (χ0) is 8.59. The molecule has 1 N–H and O–H groups in total. The third kappa shape index (κ3) is 1.62. The highest BCUT2D eigenvalue weighted by molar-refractivity contribution is 6.49. The van der Waals surface area contributed by atoms with Crippen molar-refractivity contribution in [1.29, 1.82) is 0 Å². The summed E-state index contributed by atoms with van der Waals surface area (Å²) in [7, 11) is 0. The van der Waals surface area contributed by atoms with Gasteiger partial charge in [0.2, 0.25) is 6.29 Å². The molecule has 1 heterocycles. The van der Waals surface area contributed by atoms with Crippen LogP contribution in [0.2, 0.25) is 0 Å². The highest BCUT2D eigenvalue weighted by Crippen LogP contribution is 2.30. The average molecular weight is 217 g/mol. The first-order valence-electron chi connectivity index (χ1n) is 2.60. The third-order valence-corrected chi connectivity index (χ3v) is 2.00. The summed E-state index contributed by atoms with van der Waals surface area (Å²) in [6.07, 6.45) is -1.41. The molecule has 3 nitrogen and oxygen atoms in total. The van der Waals surface area contributed by atoms with Crippen molar-refractivity contribution in [3.05, 3.63) is 10.6 Å². The van der Waals surface area contributed by atoms with Crippen molar-refractivity contribution < 1.29 is 14.6 Å². The van der Waals surface area contributed by atoms with Crippen LogP contribution < -0.4 is 0 Å². The summed E-state index contributed by atoms with van der Waals surface area (Å²) in [6, 6.07) is 0. The monoisotopic (exact) mass is 216 g/mol. The lowest BCUT2D eigenvalue weighted by molar-refractivity contribution is -0.151. The standard InChI is InChI=1S/C5H3Cl3O3/c6-2-1(3(7)8)4(9)11-5(2)10/h3-4,9H/t4-/m1/s1. The molecule has 11 heavy (non-hydrogen) atoms. The van der Waals surface area contributed by atoms with Crippen LogP contribution in [0.4, 0.5) is 0 Å². The molecule has 0 radical (unpaired) electrons. The first-order valence-corrected chi connectivity index (χ1v) is 3.86. The van der Waals surface area contributed by atoms with Gasteiger partial charge in [-0.25, -0.2) is 4.79 Å². The molecule has 0 aliphatic carbocycles. The zero-order valence-electron chi connectivity index (χ0n) is 5.05. The van der Waals surface area contributed by atoms with E-state index in [4.69, 9.17) is 39.9 Å². The van der Waals surface area contributed by atoms with Crippen LogP contribution in [-0.4, -0.2) is 22.2 Å². The molecule has 0 aromatic rings. The Hall–Kier alpha value is 0.0400. The van der Waals surface area contributed by atoms with E-state index in [2.05, 4.69) is 4.74 Å². The maximum absolute atomic E-state index is 10.6. The van der Waals surface area contributed by atoms with E-state index in [1.54, 1.807) is 0 Å². The Kier molecular flexibility index (Phi) is 2.65. The van der Waals surface area contributed by atoms with Gasteiger partial charge in [0.05, 0.1) is 5.57 Å². The Morgan fingerprint density at radius 1 is 1.55 bits per heavy atom. The molecular formula is C5H3Cl3O3. The molecule has 0 amide bonds. The topological polar surface area (TPSA) is 46.5 Å². The summed E-state index contributed by atoms with van der Waals surface area (Å²) in [6.45, 7) is 0. The van der Waals surface area contributed by atoms with Crippen LogP contribution in [0.1, 0.15) is 0 Å². The van der Waals surface area contributed by atoms with Gasteiger partial charge in [-0.15, -0.1) is 23.2 Å². The summed E-state index contributed by atoms with van der Waals surface area (Å²) in [5, 5.41) is 8.70. The third-order valence-electron chi connectivity index (χ3n) is 1.15. The number of alkyl halides is 2. The van der Waals surface area contributed by atoms with Gasteiger partial charge < -0.3 is 9.84 Å². The maximum Gasteiger partial charge on any atom is 0.352 e. The van der Waals surface area contributed by atoms with E-state index >= 15 is 0 Å². The molecule has 0 bridgehead atoms. The predicted molar refractivity (Wildman–Crippen MR) is 40.5 cm³/mol. The molecule has 1 aliphatic heterocycles. The smallest absolute Gasteiger partial charge is 0.352 e. The van der Waals surface area contributed by atoms with Crippen molar-refractivity contribution in [1.82, 2.24) is 0 Å². The summed E-state index contributed by atoms with van der Waals surface area (Å²) >= 11 is 16.1. The number of carbonyl (C=O) groups excluding carboxylic acids is 1. The van der Waals surface area contributed by atoms with Gasteiger partial charge in [-0.3, -0.25) is 0 Å². The van der Waals surface area contributed by atoms with Crippen molar-refractivity contribution in [3.63, 3.8) is 0 Å². The first-order chi connectivity index (χ1) is 5.04. The van der Waals surface area contributed by atoms with Gasteiger partial charge in [-0.2, -0.15) is 0 Å². The maximum atomic E-state index is 10.6. The largest absolute Gasteiger partial charge is 0.427 e. The fraction of sp³-hybridized carbons (Fsp3) is 0.400. The van der Waals surface area contributed by atoms with E-state index in [0.717, 1.165) is 0 Å². The Balaban J connectivity index is 2.97. The number of cyclic esters (lactones) is 1. The number of aliphatic hydroxyl groups is 1. The van der Waals surface area contributed by atoms with E-state index in [1.165, 1.54) is 0 Å². The number of hydrogen-bond donors (Lipinski definition) is 1. The lowest BCUT2D eigenvalue weighted by Gasteiger charge is -2.05. The van der Waals surface area contributed by atoms with Gasteiger partial charge >= 0.3 is 5.97 Å². The van der Waals surface area contributed by atoms with Gasteiger partial charge in [0.25, 0.3) is 0 Å². The second kappa shape index (κ2) is 3.19. The minimum absolute atomic E-state index is 0.000000000000000444. The second-order valence-electron chi connectivity index (χ2n) is 1.83. The van der Waals surface area contributed by atoms with Crippen molar-refractivity contribution in [3.8, 4) is 0 Å². The van der Waals surface area contributed by atoms with Crippen molar-refractivity contribution in [2.45, 2.75) is 11.1 Å². The minimum Gasteiger partial charge on any atom is -0.427 e. The zero-order valence-corrected chi connectivity index (χ0v) is 7.32. The summed E-state index contributed by atoms with van der Waals surface area (Å²) in [4.78, 5) is 9.59. The van der Waals surface area contributed by atoms with Crippen molar-refractivity contribution in [2.24, 2.45) is 0 Å². The van der Waals surface area contributed by atoms with E-state index in [9.17, 15) is 4.79 Å². The van der Waals surface area contributed by atoms with Crippen LogP contribution in [0, 0.1) is 0 Å². The Morgan fingerprint density at radius 2 is 2.09 bits per heavy atom. The van der Waals surface area contributed by atoms with Gasteiger partial charge in [0, 0.05) is 0 Å². The quantitative estimate of drug-likeness (QED) is 0.529. The molecule has 1 atom stereocenters. The Morgan fingerprint density at radius 3 is 2.27 bits per heavy atom. The molecule has 6 heteroatoms. The summed E-state index contributed by atoms with van der Waals surface area (Å²) < 4.78 is 4.29. The van der Waals surface area contributed by atoms with E-state index < -0.39 is 17.1 Å². The SMILES string of the molecule is O=C1O[C@@H](O)C(C(Cl)Cl)=C1Cl. The summed E-state index contributed by atoms with van der Waals surface area (Å²) in [5.41, 5.74) is 0.000000000000000444. The highest BCUT2D eigenvalue weighted by atomic mass is 35.5. The van der Waals surface area contributed by atoms with Crippen molar-refractivity contribution in [2.75, 3.05) is 0 Å². The number of hydrogen-bond acceptors (Lipinski definition) is 3. The number of esters is 1. The fourth-order valence-electron chi connectivity index (χ4n) is 0.646. The number of aliphatic hydroxyl groups excluding tert-OH is 1. The Labute approximate surface area is 77.5 Å². The second-order valence-corrected chi connectivity index (χ2v) is 3.30. The number of ether oxygens (including phenoxy) is 1. The van der Waals surface area contributed by atoms with E-state index in [-0.39, 0.29) is 10.6 Å². The van der Waals surface area contributed by atoms with Crippen LogP contribution in [-0.2, 0) is 9.53 Å². The van der Waals surface area contributed by atoms with E-state index in [0.29, 0.717) is 0 Å². The predicted octanol–water partition coefficient (Wildman–Crippen LogP) is 1.16. The minimum atomic E-state index is -1.41. The molecular weight excluding hydrogens is 214 g/mol. The lowest BCUT2D eigenvalue weighted by atomic mass is 10.3. The van der Waals surface area contributed by atoms with Crippen LogP contribution >= 0.6 is 34.8 Å². The summed E-state index contributed by atoms with van der Waals surface area (Å²) in [5.74, 6) is -0.805. The number of rotatable bonds is 1. The number of carbonyl (C=O) groups is 1. The lowest BCUT2D eigenvalue weighted by Crippen LogP contribution is -2.13. The molecule has 62 valence electrons. The van der Waals surface area contributed by atoms with Gasteiger partial charge in [-0.1, -0.05) is 11.6 Å². The fourth-order valence-corrected chi connectivity index (χ4v) is 1.44. The highest BCUT2D eigenvalue weighted by Gasteiger charge is 2.34. The molecule has 0 spiro atoms. The molecule has 0 fully saturated rings. The number of halogens is 3. The molecule has 1 aliphatic rings.